The highest BCUT2D eigenvalue weighted by molar-refractivity contribution is 8.76. The van der Waals surface area contributed by atoms with Crippen molar-refractivity contribution in [3.05, 3.63) is 187 Å². The average Bonchev–Trinajstić information content (AvgIpc) is 1.60. The first kappa shape index (κ1) is 67.0. The summed E-state index contributed by atoms with van der Waals surface area (Å²) in [6.07, 6.45) is 0.410. The van der Waals surface area contributed by atoms with Gasteiger partial charge in [0, 0.05) is 72.8 Å². The summed E-state index contributed by atoms with van der Waals surface area (Å²) in [4.78, 5) is 63.2. The molecule has 0 aliphatic carbocycles. The van der Waals surface area contributed by atoms with Crippen LogP contribution < -0.4 is 10.6 Å². The highest BCUT2D eigenvalue weighted by Gasteiger charge is 2.37. The van der Waals surface area contributed by atoms with Crippen LogP contribution in [-0.4, -0.2) is 104 Å². The van der Waals surface area contributed by atoms with E-state index in [-0.39, 0.29) is 86.4 Å². The monoisotopic (exact) mass is 1230 g/mol. The molecule has 88 heavy (non-hydrogen) atoms. The van der Waals surface area contributed by atoms with Crippen LogP contribution in [-0.2, 0) is 102 Å². The number of esters is 2. The van der Waals surface area contributed by atoms with E-state index in [1.807, 2.05) is 119 Å². The molecular weight excluding hydrogens is 1140 g/mol. The molecule has 4 atom stereocenters. The van der Waals surface area contributed by atoms with Gasteiger partial charge >= 0.3 is 11.9 Å². The van der Waals surface area contributed by atoms with Crippen molar-refractivity contribution in [2.75, 3.05) is 25.7 Å². The number of phenolic OH excluding ortho intramolecular Hbond substituents is 4. The number of nitrogens with one attached hydrogen (secondary N) is 2. The Kier molecular flexibility index (Phi) is 20.9. The second-order valence-corrected chi connectivity index (χ2v) is 30.4. The van der Waals surface area contributed by atoms with Crippen molar-refractivity contribution in [3.63, 3.8) is 0 Å². The molecule has 0 aromatic heterocycles. The molecule has 6 aromatic carbocycles. The van der Waals surface area contributed by atoms with Gasteiger partial charge in [0.1, 0.15) is 35.1 Å². The molecule has 2 amide bonds. The maximum Gasteiger partial charge on any atom is 0.329 e. The van der Waals surface area contributed by atoms with Gasteiger partial charge in [-0.3, -0.25) is 19.4 Å². The van der Waals surface area contributed by atoms with Crippen molar-refractivity contribution in [2.24, 2.45) is 0 Å². The number of nitrogens with zero attached hydrogens (tertiary/aromatic N) is 2. The third-order valence-electron chi connectivity index (χ3n) is 17.0. The van der Waals surface area contributed by atoms with Crippen LogP contribution in [0.3, 0.4) is 0 Å². The summed E-state index contributed by atoms with van der Waals surface area (Å²) < 4.78 is 10.7. The SMILES string of the molecule is COC(=O)[C@@H]1CSSC[C@@H](C(=O)OC)NC(=O)[C@H](Cc2ccccc2)N2Cc3cc(C(C)(C)C)cc(c3O)Cc3cc(C(C)(C)C)cc(c3O)CN(Cc3cc(C(C)(C)C)cc(c3O)Cc3cc(C(C)(C)C)cc(c3O)C2)[C@H](Cc2ccccc2)C(=O)N1. The van der Waals surface area contributed by atoms with Crippen LogP contribution in [0.1, 0.15) is 161 Å². The highest BCUT2D eigenvalue weighted by atomic mass is 33.1. The van der Waals surface area contributed by atoms with Gasteiger partial charge in [0.15, 0.2) is 0 Å². The Hall–Kier alpha value is -6.98. The van der Waals surface area contributed by atoms with Gasteiger partial charge < -0.3 is 40.5 Å². The Bertz CT molecular complexity index is 3140. The summed E-state index contributed by atoms with van der Waals surface area (Å²) in [6, 6.07) is 30.3. The largest absolute Gasteiger partial charge is 0.507 e. The average molecular weight is 1240 g/mol. The third kappa shape index (κ3) is 16.3. The first-order valence-electron chi connectivity index (χ1n) is 30.3. The van der Waals surface area contributed by atoms with Gasteiger partial charge in [-0.25, -0.2) is 9.59 Å². The smallest absolute Gasteiger partial charge is 0.329 e. The Balaban J connectivity index is 1.52. The van der Waals surface area contributed by atoms with E-state index >= 15 is 9.59 Å². The number of rotatable bonds is 6. The van der Waals surface area contributed by atoms with Crippen molar-refractivity contribution in [3.8, 4) is 23.0 Å². The minimum atomic E-state index is -1.19. The molecule has 3 aliphatic rings. The number of methoxy groups -OCH3 is 2. The molecule has 470 valence electrons. The summed E-state index contributed by atoms with van der Waals surface area (Å²) in [7, 11) is 4.93. The van der Waals surface area contributed by atoms with Crippen molar-refractivity contribution >= 4 is 45.3 Å². The van der Waals surface area contributed by atoms with Crippen molar-refractivity contribution in [1.29, 1.82) is 0 Å². The maximum atomic E-state index is 15.7. The zero-order chi connectivity index (χ0) is 64.2. The van der Waals surface area contributed by atoms with Gasteiger partial charge in [-0.05, 0) is 90.1 Å². The van der Waals surface area contributed by atoms with Gasteiger partial charge in [0.05, 0.1) is 26.3 Å². The quantitative estimate of drug-likeness (QED) is 0.0680. The lowest BCUT2D eigenvalue weighted by molar-refractivity contribution is -0.145. The number of phenols is 4. The van der Waals surface area contributed by atoms with E-state index in [1.165, 1.54) is 35.8 Å². The summed E-state index contributed by atoms with van der Waals surface area (Å²) in [5, 5.41) is 58.3. The predicted octanol–water partition coefficient (Wildman–Crippen LogP) is 12.1. The van der Waals surface area contributed by atoms with Crippen LogP contribution in [0.15, 0.2) is 109 Å². The number of benzene rings is 6. The van der Waals surface area contributed by atoms with E-state index in [0.29, 0.717) is 44.5 Å². The summed E-state index contributed by atoms with van der Waals surface area (Å²) in [6.45, 7) is 25.0. The zero-order valence-electron chi connectivity index (χ0n) is 53.7. The number of carbonyl (C=O) groups is 4. The number of fused-ring (bicyclic) bond motifs is 11. The molecule has 14 nitrogen and oxygen atoms in total. The van der Waals surface area contributed by atoms with Crippen molar-refractivity contribution in [2.45, 2.75) is 181 Å². The molecule has 0 radical (unpaired) electrons. The second kappa shape index (κ2) is 27.4. The summed E-state index contributed by atoms with van der Waals surface area (Å²) >= 11 is 0. The van der Waals surface area contributed by atoms with E-state index < -0.39 is 69.6 Å². The molecule has 0 fully saturated rings. The van der Waals surface area contributed by atoms with Crippen LogP contribution >= 0.6 is 21.6 Å². The van der Waals surface area contributed by atoms with Crippen LogP contribution in [0.25, 0.3) is 0 Å². The highest BCUT2D eigenvalue weighted by Crippen LogP contribution is 2.42. The number of aromatic hydroxyl groups is 4. The first-order valence-corrected chi connectivity index (χ1v) is 32.8. The first-order chi connectivity index (χ1) is 41.3. The fraction of sp³-hybridized carbons (Fsp3) is 0.444. The lowest BCUT2D eigenvalue weighted by Crippen LogP contribution is -2.53. The lowest BCUT2D eigenvalue weighted by atomic mass is 9.81. The fourth-order valence-electron chi connectivity index (χ4n) is 11.5. The lowest BCUT2D eigenvalue weighted by Gasteiger charge is -2.34. The van der Waals surface area contributed by atoms with Crippen molar-refractivity contribution in [1.82, 2.24) is 20.4 Å². The number of amides is 2. The maximum absolute atomic E-state index is 15.7. The molecule has 3 aliphatic heterocycles. The van der Waals surface area contributed by atoms with E-state index in [9.17, 15) is 30.0 Å². The summed E-state index contributed by atoms with van der Waals surface area (Å²) in [5.74, 6) is -2.60. The minimum absolute atomic E-state index is 0.00000708. The van der Waals surface area contributed by atoms with Crippen LogP contribution in [0.4, 0.5) is 0 Å². The Morgan fingerprint density at radius 1 is 0.443 bits per heavy atom. The number of carbonyl (C=O) groups excluding carboxylic acids is 4. The van der Waals surface area contributed by atoms with E-state index in [0.717, 1.165) is 33.4 Å². The third-order valence-corrected chi connectivity index (χ3v) is 19.4. The number of hydrogen-bond donors (Lipinski definition) is 6. The molecule has 10 bridgehead atoms. The second-order valence-electron chi connectivity index (χ2n) is 27.9. The zero-order valence-corrected chi connectivity index (χ0v) is 55.4. The topological polar surface area (TPSA) is 198 Å². The van der Waals surface area contributed by atoms with Crippen molar-refractivity contribution < 1.29 is 49.1 Å². The van der Waals surface area contributed by atoms with Crippen LogP contribution in [0, 0.1) is 0 Å². The Morgan fingerprint density at radius 3 is 0.932 bits per heavy atom. The minimum Gasteiger partial charge on any atom is -0.507 e. The van der Waals surface area contributed by atoms with Gasteiger partial charge in [0.25, 0.3) is 0 Å². The Labute approximate surface area is 528 Å². The number of hydrogen-bond acceptors (Lipinski definition) is 14. The molecule has 0 saturated carbocycles. The molecule has 9 rings (SSSR count). The van der Waals surface area contributed by atoms with Gasteiger partial charge in [-0.2, -0.15) is 0 Å². The Morgan fingerprint density at radius 2 is 0.693 bits per heavy atom. The van der Waals surface area contributed by atoms with Crippen LogP contribution in [0.2, 0.25) is 0 Å². The molecule has 0 saturated heterocycles. The van der Waals surface area contributed by atoms with Gasteiger partial charge in [-0.1, -0.05) is 214 Å². The fourth-order valence-corrected chi connectivity index (χ4v) is 13.8. The van der Waals surface area contributed by atoms with E-state index in [1.54, 1.807) is 0 Å². The van der Waals surface area contributed by atoms with Crippen LogP contribution in [0.5, 0.6) is 23.0 Å². The molecular formula is C72H90N4O10S2. The molecule has 3 heterocycles. The van der Waals surface area contributed by atoms with E-state index in [2.05, 4.69) is 93.7 Å². The summed E-state index contributed by atoms with van der Waals surface area (Å²) in [5.41, 5.74) is 7.39. The number of ether oxygens (including phenoxy) is 2. The predicted molar refractivity (Wildman–Crippen MR) is 352 cm³/mol. The molecule has 0 unspecified atom stereocenters. The normalized spacial score (nSPS) is 20.3. The molecule has 6 N–H and O–H groups in total. The molecule has 0 spiro atoms. The van der Waals surface area contributed by atoms with Gasteiger partial charge in [0.2, 0.25) is 11.8 Å². The van der Waals surface area contributed by atoms with E-state index in [4.69, 9.17) is 9.47 Å². The van der Waals surface area contributed by atoms with Gasteiger partial charge in [-0.15, -0.1) is 0 Å². The molecule has 16 heteroatoms. The standard InChI is InChI=1S/C72H90N4O10S2/c1-69(2,3)53-29-45-27-46-30-54(70(4,5)6)35-51(62(46)78)39-76-40-52-36-56(72(10,11)12)32-48(64(52)80)28-47-31-55(71(7,8)9)34-50(63(47)79)38-75(37-49(33-53)61(45)77)59(25-43-21-17-15-18-22-43)65(81)73-57(67(83)85-13)41-87-88-42-58(68(84)86-14)74-66(82)60(76)26-44-23-19-16-20-24-44/h15-24,29-36,57-60,77-80H,25-28,37-42H2,1-14H3,(H,73,81)(H,74,82)/t57-,58-,59-,60+/m0/s1. The molecule has 6 aromatic rings.